The molecule has 1 heterocycles. The van der Waals surface area contributed by atoms with E-state index in [1.54, 1.807) is 0 Å². The maximum atomic E-state index is 11.7. The van der Waals surface area contributed by atoms with E-state index in [0.29, 0.717) is 0 Å². The van der Waals surface area contributed by atoms with Gasteiger partial charge in [0.2, 0.25) is 0 Å². The first-order valence-electron chi connectivity index (χ1n) is 2.53. The van der Waals surface area contributed by atoms with E-state index in [2.05, 4.69) is 10.3 Å². The molecule has 55 valence electrons. The van der Waals surface area contributed by atoms with Crippen molar-refractivity contribution >= 4 is 5.84 Å². The summed E-state index contributed by atoms with van der Waals surface area (Å²) in [4.78, 5) is 3.15. The van der Waals surface area contributed by atoms with Crippen LogP contribution in [0.3, 0.4) is 0 Å². The maximum Gasteiger partial charge on any atom is 0.434 e. The van der Waals surface area contributed by atoms with E-state index in [-0.39, 0.29) is 5.84 Å². The molecule has 5 heteroatoms. The van der Waals surface area contributed by atoms with Gasteiger partial charge in [-0.1, -0.05) is 0 Å². The zero-order chi connectivity index (χ0) is 7.78. The van der Waals surface area contributed by atoms with Gasteiger partial charge in [0.1, 0.15) is 5.84 Å². The molecular formula is C5H4F3N2. The predicted octanol–water partition coefficient (Wildman–Crippen LogP) is 1.43. The molecule has 0 amide bonds. The zero-order valence-corrected chi connectivity index (χ0v) is 5.11. The van der Waals surface area contributed by atoms with Gasteiger partial charge in [-0.3, -0.25) is 0 Å². The highest BCUT2D eigenvalue weighted by molar-refractivity contribution is 5.83. The van der Waals surface area contributed by atoms with Crippen LogP contribution in [-0.2, 0) is 0 Å². The fourth-order valence-corrected chi connectivity index (χ4v) is 0.523. The van der Waals surface area contributed by atoms with E-state index in [1.807, 2.05) is 0 Å². The van der Waals surface area contributed by atoms with Crippen LogP contribution in [0.1, 0.15) is 6.92 Å². The van der Waals surface area contributed by atoms with Gasteiger partial charge in [-0.05, 0) is 6.92 Å². The molecule has 0 aromatic heterocycles. The molecule has 0 atom stereocenters. The third kappa shape index (κ3) is 1.29. The number of allylic oxidation sites excluding steroid dienone is 1. The summed E-state index contributed by atoms with van der Waals surface area (Å²) in [7, 11) is 0. The van der Waals surface area contributed by atoms with Crippen molar-refractivity contribution < 1.29 is 13.2 Å². The van der Waals surface area contributed by atoms with Crippen molar-refractivity contribution in [1.29, 1.82) is 0 Å². The van der Waals surface area contributed by atoms with Gasteiger partial charge < -0.3 is 0 Å². The Kier molecular flexibility index (Phi) is 1.42. The standard InChI is InChI=1S/C5H4F3N2/c1-3-9-2-4(10-3)5(6,7)8/h2H,1H3. The second kappa shape index (κ2) is 2.00. The minimum absolute atomic E-state index is 0.146. The van der Waals surface area contributed by atoms with Crippen molar-refractivity contribution in [3.05, 3.63) is 11.9 Å². The molecule has 2 nitrogen and oxygen atoms in total. The Hall–Kier alpha value is -1.00. The number of halogens is 3. The van der Waals surface area contributed by atoms with E-state index in [9.17, 15) is 13.2 Å². The lowest BCUT2D eigenvalue weighted by Crippen LogP contribution is -2.08. The van der Waals surface area contributed by atoms with Crippen LogP contribution in [0, 0.1) is 0 Å². The molecule has 0 spiro atoms. The fraction of sp³-hybridized carbons (Fsp3) is 0.400. The van der Waals surface area contributed by atoms with Crippen LogP contribution in [0.5, 0.6) is 0 Å². The van der Waals surface area contributed by atoms with Crippen LogP contribution in [0.15, 0.2) is 16.9 Å². The highest BCUT2D eigenvalue weighted by Gasteiger charge is 2.35. The lowest BCUT2D eigenvalue weighted by Gasteiger charge is -2.00. The Morgan fingerprint density at radius 3 is 2.20 bits per heavy atom. The monoisotopic (exact) mass is 149 g/mol. The first-order valence-corrected chi connectivity index (χ1v) is 2.53. The van der Waals surface area contributed by atoms with Crippen molar-refractivity contribution in [2.45, 2.75) is 13.1 Å². The van der Waals surface area contributed by atoms with Crippen molar-refractivity contribution in [2.75, 3.05) is 0 Å². The number of aliphatic imine (C=N–C) groups is 1. The van der Waals surface area contributed by atoms with Crippen molar-refractivity contribution in [3.8, 4) is 0 Å². The summed E-state index contributed by atoms with van der Waals surface area (Å²) < 4.78 is 35.1. The molecule has 0 aromatic carbocycles. The smallest absolute Gasteiger partial charge is 0.239 e. The number of hydrogen-bond acceptors (Lipinski definition) is 1. The minimum atomic E-state index is -4.36. The lowest BCUT2D eigenvalue weighted by atomic mass is 10.5. The molecule has 0 saturated heterocycles. The number of nitrogens with zero attached hydrogens (tertiary/aromatic N) is 2. The summed E-state index contributed by atoms with van der Waals surface area (Å²) >= 11 is 0. The number of rotatable bonds is 0. The van der Waals surface area contributed by atoms with Crippen molar-refractivity contribution in [2.24, 2.45) is 4.99 Å². The summed E-state index contributed by atoms with van der Waals surface area (Å²) in [6.45, 7) is 1.41. The minimum Gasteiger partial charge on any atom is -0.239 e. The summed E-state index contributed by atoms with van der Waals surface area (Å²) in [5, 5.41) is 3.35. The normalized spacial score (nSPS) is 18.0. The van der Waals surface area contributed by atoms with Crippen LogP contribution in [-0.4, -0.2) is 12.0 Å². The molecule has 10 heavy (non-hydrogen) atoms. The summed E-state index contributed by atoms with van der Waals surface area (Å²) in [5.41, 5.74) is -0.926. The van der Waals surface area contributed by atoms with Gasteiger partial charge in [0.15, 0.2) is 5.70 Å². The summed E-state index contributed by atoms with van der Waals surface area (Å²) in [6, 6.07) is 0. The molecule has 1 aliphatic rings. The quantitative estimate of drug-likeness (QED) is 0.498. The van der Waals surface area contributed by atoms with Crippen molar-refractivity contribution in [1.82, 2.24) is 5.32 Å². The molecule has 0 unspecified atom stereocenters. The number of hydrogen-bond donors (Lipinski definition) is 0. The van der Waals surface area contributed by atoms with E-state index >= 15 is 0 Å². The molecule has 0 bridgehead atoms. The lowest BCUT2D eigenvalue weighted by molar-refractivity contribution is -0.0921. The Balaban J connectivity index is 2.77. The van der Waals surface area contributed by atoms with Gasteiger partial charge in [0, 0.05) is 0 Å². The molecule has 0 aliphatic carbocycles. The topological polar surface area (TPSA) is 26.5 Å². The Morgan fingerprint density at radius 1 is 1.40 bits per heavy atom. The molecule has 1 radical (unpaired) electrons. The fourth-order valence-electron chi connectivity index (χ4n) is 0.523. The maximum absolute atomic E-state index is 11.7. The van der Waals surface area contributed by atoms with E-state index in [0.717, 1.165) is 6.20 Å². The van der Waals surface area contributed by atoms with E-state index in [4.69, 9.17) is 0 Å². The Morgan fingerprint density at radius 2 is 2.00 bits per heavy atom. The summed E-state index contributed by atoms with van der Waals surface area (Å²) in [5.74, 6) is 0.146. The van der Waals surface area contributed by atoms with Crippen LogP contribution in [0.2, 0.25) is 0 Å². The number of alkyl halides is 3. The molecule has 0 N–H and O–H groups in total. The van der Waals surface area contributed by atoms with Gasteiger partial charge in [0.05, 0.1) is 6.20 Å². The van der Waals surface area contributed by atoms with E-state index < -0.39 is 11.9 Å². The van der Waals surface area contributed by atoms with E-state index in [1.165, 1.54) is 6.92 Å². The van der Waals surface area contributed by atoms with Crippen LogP contribution in [0.25, 0.3) is 0 Å². The first kappa shape index (κ1) is 7.11. The molecular weight excluding hydrogens is 145 g/mol. The molecule has 0 fully saturated rings. The Labute approximate surface area is 55.4 Å². The third-order valence-electron chi connectivity index (χ3n) is 0.946. The van der Waals surface area contributed by atoms with Crippen LogP contribution >= 0.6 is 0 Å². The molecule has 1 rings (SSSR count). The first-order chi connectivity index (χ1) is 4.50. The van der Waals surface area contributed by atoms with Gasteiger partial charge in [-0.25, -0.2) is 10.3 Å². The average Bonchev–Trinajstić information content (AvgIpc) is 2.11. The highest BCUT2D eigenvalue weighted by Crippen LogP contribution is 2.27. The van der Waals surface area contributed by atoms with Crippen LogP contribution < -0.4 is 5.32 Å². The largest absolute Gasteiger partial charge is 0.434 e. The SMILES string of the molecule is CC1=NC(C(F)(F)F)=C[N]1. The highest BCUT2D eigenvalue weighted by atomic mass is 19.4. The predicted molar refractivity (Wildman–Crippen MR) is 29.4 cm³/mol. The summed E-state index contributed by atoms with van der Waals surface area (Å²) in [6.07, 6.45) is -3.64. The van der Waals surface area contributed by atoms with Gasteiger partial charge >= 0.3 is 6.18 Å². The molecule has 0 saturated carbocycles. The van der Waals surface area contributed by atoms with Crippen LogP contribution in [0.4, 0.5) is 13.2 Å². The molecule has 1 aliphatic heterocycles. The van der Waals surface area contributed by atoms with Gasteiger partial charge in [0.25, 0.3) is 0 Å². The average molecular weight is 149 g/mol. The van der Waals surface area contributed by atoms with Gasteiger partial charge in [-0.15, -0.1) is 0 Å². The Bertz CT molecular complexity index is 201. The van der Waals surface area contributed by atoms with Gasteiger partial charge in [-0.2, -0.15) is 13.2 Å². The second-order valence-electron chi connectivity index (χ2n) is 1.80. The zero-order valence-electron chi connectivity index (χ0n) is 5.11. The number of amidine groups is 1. The third-order valence-corrected chi connectivity index (χ3v) is 0.946. The second-order valence-corrected chi connectivity index (χ2v) is 1.80. The van der Waals surface area contributed by atoms with Crippen molar-refractivity contribution in [3.63, 3.8) is 0 Å². The molecule has 0 aromatic rings.